The van der Waals surface area contributed by atoms with Gasteiger partial charge < -0.3 is 14.2 Å². The number of hydrogen-bond acceptors (Lipinski definition) is 4. The van der Waals surface area contributed by atoms with E-state index >= 15 is 0 Å². The maximum absolute atomic E-state index is 14.9. The Morgan fingerprint density at radius 2 is 1.13 bits per heavy atom. The molecule has 1 fully saturated rings. The van der Waals surface area contributed by atoms with E-state index in [1.165, 1.54) is 12.1 Å². The van der Waals surface area contributed by atoms with Gasteiger partial charge in [-0.1, -0.05) is 25.5 Å². The van der Waals surface area contributed by atoms with Crippen molar-refractivity contribution < 1.29 is 76.0 Å². The third kappa shape index (κ3) is 8.60. The lowest BCUT2D eigenvalue weighted by Gasteiger charge is -2.29. The van der Waals surface area contributed by atoms with Crippen LogP contribution < -0.4 is 9.47 Å². The van der Waals surface area contributed by atoms with Crippen molar-refractivity contribution in [3.63, 3.8) is 0 Å². The Morgan fingerprint density at radius 1 is 0.660 bits per heavy atom. The van der Waals surface area contributed by atoms with Crippen LogP contribution >= 0.6 is 0 Å². The quantitative estimate of drug-likeness (QED) is 0.187. The Hall–Kier alpha value is -3.73. The van der Waals surface area contributed by atoms with Crippen molar-refractivity contribution in [2.24, 2.45) is 5.92 Å². The van der Waals surface area contributed by atoms with Crippen molar-refractivity contribution in [2.45, 2.75) is 63.4 Å². The minimum absolute atomic E-state index is 0.0696. The van der Waals surface area contributed by atoms with Crippen molar-refractivity contribution >= 4 is 0 Å². The summed E-state index contributed by atoms with van der Waals surface area (Å²) in [5, 5.41) is 0. The van der Waals surface area contributed by atoms with E-state index in [0.717, 1.165) is 31.4 Å². The number of halogens is 13. The fourth-order valence-electron chi connectivity index (χ4n) is 4.97. The molecule has 0 aliphatic carbocycles. The summed E-state index contributed by atoms with van der Waals surface area (Å²) in [5.74, 6) is -12.2. The molecule has 2 atom stereocenters. The second kappa shape index (κ2) is 13.4. The molecule has 0 saturated carbocycles. The molecule has 0 bridgehead atoms. The van der Waals surface area contributed by atoms with Crippen molar-refractivity contribution in [3.8, 4) is 11.5 Å². The fourth-order valence-corrected chi connectivity index (χ4v) is 4.97. The number of ether oxygens (including phenoxy) is 4. The van der Waals surface area contributed by atoms with Crippen LogP contribution in [0.1, 0.15) is 61.0 Å². The fraction of sp³-hybridized carbons (Fsp3) is 0.400. The first-order chi connectivity index (χ1) is 21.7. The highest BCUT2D eigenvalue weighted by atomic mass is 19.4. The molecule has 0 N–H and O–H groups in total. The van der Waals surface area contributed by atoms with Gasteiger partial charge in [0.05, 0.1) is 18.3 Å². The summed E-state index contributed by atoms with van der Waals surface area (Å²) < 4.78 is 197. The monoisotopic (exact) mass is 694 g/mol. The second-order valence-corrected chi connectivity index (χ2v) is 10.5. The minimum Gasteiger partial charge on any atom is -0.429 e. The van der Waals surface area contributed by atoms with E-state index in [4.69, 9.17) is 4.74 Å². The van der Waals surface area contributed by atoms with Gasteiger partial charge in [-0.25, -0.2) is 22.3 Å². The number of alkyl halides is 9. The Kier molecular flexibility index (Phi) is 10.3. The second-order valence-electron chi connectivity index (χ2n) is 10.5. The van der Waals surface area contributed by atoms with Gasteiger partial charge in [-0.2, -0.15) is 26.3 Å². The molecule has 3 aromatic carbocycles. The first kappa shape index (κ1) is 36.1. The molecule has 258 valence electrons. The summed E-state index contributed by atoms with van der Waals surface area (Å²) >= 11 is 0. The summed E-state index contributed by atoms with van der Waals surface area (Å²) in [7, 11) is 0. The Labute approximate surface area is 258 Å². The third-order valence-electron chi connectivity index (χ3n) is 7.03. The van der Waals surface area contributed by atoms with Gasteiger partial charge in [0.25, 0.3) is 0 Å². The molecule has 1 aliphatic heterocycles. The molecular weight excluding hydrogens is 671 g/mol. The predicted molar refractivity (Wildman–Crippen MR) is 136 cm³/mol. The molecule has 0 radical (unpaired) electrons. The van der Waals surface area contributed by atoms with E-state index in [2.05, 4.69) is 14.2 Å². The van der Waals surface area contributed by atoms with E-state index in [-0.39, 0.29) is 18.2 Å². The summed E-state index contributed by atoms with van der Waals surface area (Å²) in [5.41, 5.74) is -5.08. The zero-order valence-electron chi connectivity index (χ0n) is 23.9. The highest BCUT2D eigenvalue weighted by molar-refractivity contribution is 5.36. The summed E-state index contributed by atoms with van der Waals surface area (Å²) in [6.07, 6.45) is -17.9. The Balaban J connectivity index is 1.49. The first-order valence-corrected chi connectivity index (χ1v) is 13.7. The highest BCUT2D eigenvalue weighted by Gasteiger charge is 2.50. The zero-order valence-corrected chi connectivity index (χ0v) is 23.9. The predicted octanol–water partition coefficient (Wildman–Crippen LogP) is 10.4. The van der Waals surface area contributed by atoms with Crippen LogP contribution in [0, 0.1) is 29.2 Å². The summed E-state index contributed by atoms with van der Waals surface area (Å²) in [4.78, 5) is 0. The van der Waals surface area contributed by atoms with Crippen LogP contribution in [0.25, 0.3) is 0 Å². The Morgan fingerprint density at radius 3 is 1.55 bits per heavy atom. The molecule has 1 heterocycles. The average Bonchev–Trinajstić information content (AvgIpc) is 2.90. The van der Waals surface area contributed by atoms with Gasteiger partial charge in [0, 0.05) is 24.3 Å². The largest absolute Gasteiger partial charge is 0.527 e. The molecule has 4 rings (SSSR count). The van der Waals surface area contributed by atoms with Crippen LogP contribution in [0.15, 0.2) is 48.5 Å². The van der Waals surface area contributed by atoms with Gasteiger partial charge in [-0.3, -0.25) is 0 Å². The van der Waals surface area contributed by atoms with Crippen molar-refractivity contribution in [1.82, 2.24) is 0 Å². The Bertz CT molecular complexity index is 1500. The standard InChI is InChI=1S/C30H23F13O4/c1-2-3-15-4-9-24(44-14-15)16-5-7-17(8-6-16)27(35,36)45-18-10-20(31)25(21(32)11-18)28(37,38)46-19-12-22(33)26(23(34)13-19)29(39,40)47-30(41,42)43/h5-8,10-13,15,24H,2-4,9,14H2,1H3. The van der Waals surface area contributed by atoms with Crippen LogP contribution in [-0.4, -0.2) is 13.0 Å². The van der Waals surface area contributed by atoms with E-state index in [1.807, 2.05) is 6.92 Å². The number of rotatable bonds is 11. The lowest BCUT2D eigenvalue weighted by Crippen LogP contribution is -2.30. The molecule has 3 aromatic rings. The van der Waals surface area contributed by atoms with Crippen molar-refractivity contribution in [3.05, 3.63) is 94.1 Å². The normalized spacial score (nSPS) is 17.9. The molecule has 0 aromatic heterocycles. The molecule has 1 aliphatic rings. The third-order valence-corrected chi connectivity index (χ3v) is 7.03. The van der Waals surface area contributed by atoms with Crippen LogP contribution in [0.4, 0.5) is 57.1 Å². The minimum atomic E-state index is -6.08. The SMILES string of the molecule is CCCC1CCC(c2ccc(C(F)(F)Oc3cc(F)c(C(F)(F)Oc4cc(F)c(C(F)(F)OC(F)(F)F)c(F)c4)c(F)c3)cc2)OC1. The highest BCUT2D eigenvalue weighted by Crippen LogP contribution is 2.43. The van der Waals surface area contributed by atoms with Gasteiger partial charge in [0.15, 0.2) is 0 Å². The van der Waals surface area contributed by atoms with Crippen molar-refractivity contribution in [1.29, 1.82) is 0 Å². The van der Waals surface area contributed by atoms with Gasteiger partial charge in [-0.05, 0) is 42.9 Å². The molecule has 1 saturated heterocycles. The smallest absolute Gasteiger partial charge is 0.429 e. The molecule has 0 spiro atoms. The van der Waals surface area contributed by atoms with Gasteiger partial charge in [0.2, 0.25) is 0 Å². The van der Waals surface area contributed by atoms with E-state index in [1.54, 1.807) is 0 Å². The van der Waals surface area contributed by atoms with E-state index in [0.29, 0.717) is 24.5 Å². The topological polar surface area (TPSA) is 36.9 Å². The summed E-state index contributed by atoms with van der Waals surface area (Å²) in [6.45, 7) is 2.56. The van der Waals surface area contributed by atoms with Gasteiger partial charge >= 0.3 is 24.7 Å². The zero-order chi connectivity index (χ0) is 34.9. The van der Waals surface area contributed by atoms with Gasteiger partial charge in [-0.15, -0.1) is 13.2 Å². The van der Waals surface area contributed by atoms with Gasteiger partial charge in [0.1, 0.15) is 45.9 Å². The van der Waals surface area contributed by atoms with Crippen LogP contribution in [0.5, 0.6) is 11.5 Å². The molecule has 47 heavy (non-hydrogen) atoms. The number of hydrogen-bond donors (Lipinski definition) is 0. The molecule has 4 nitrogen and oxygen atoms in total. The molecule has 0 amide bonds. The van der Waals surface area contributed by atoms with Crippen molar-refractivity contribution in [2.75, 3.05) is 6.61 Å². The molecule has 17 heteroatoms. The maximum atomic E-state index is 14.9. The molecular formula is C30H23F13O4. The molecule has 2 unspecified atom stereocenters. The van der Waals surface area contributed by atoms with Crippen LogP contribution in [0.3, 0.4) is 0 Å². The summed E-state index contributed by atoms with van der Waals surface area (Å²) in [6, 6.07) is 3.67. The van der Waals surface area contributed by atoms with E-state index in [9.17, 15) is 57.1 Å². The number of benzene rings is 3. The first-order valence-electron chi connectivity index (χ1n) is 13.7. The lowest BCUT2D eigenvalue weighted by molar-refractivity contribution is -0.432. The maximum Gasteiger partial charge on any atom is 0.527 e. The lowest BCUT2D eigenvalue weighted by atomic mass is 9.91. The average molecular weight is 694 g/mol. The van der Waals surface area contributed by atoms with E-state index < -0.39 is 88.3 Å². The van der Waals surface area contributed by atoms with Crippen LogP contribution in [-0.2, 0) is 27.8 Å². The van der Waals surface area contributed by atoms with Crippen LogP contribution in [0.2, 0.25) is 0 Å².